The van der Waals surface area contributed by atoms with Crippen molar-refractivity contribution >= 4 is 0 Å². The van der Waals surface area contributed by atoms with Crippen LogP contribution >= 0.6 is 0 Å². The molecular weight excluding hydrogens is 234 g/mol. The molecule has 3 rings (SSSR count). The maximum absolute atomic E-state index is 5.80. The smallest absolute Gasteiger partial charge is 0.127 e. The predicted molar refractivity (Wildman–Crippen MR) is 79.1 cm³/mol. The highest BCUT2D eigenvalue weighted by molar-refractivity contribution is 5.57. The molecular formula is C17H25NO. The van der Waals surface area contributed by atoms with Crippen LogP contribution in [0.5, 0.6) is 5.75 Å². The molecule has 1 N–H and O–H groups in total. The van der Waals surface area contributed by atoms with Gasteiger partial charge in [0.15, 0.2) is 0 Å². The zero-order valence-corrected chi connectivity index (χ0v) is 12.4. The molecule has 1 aromatic rings. The van der Waals surface area contributed by atoms with E-state index in [-0.39, 0.29) is 0 Å². The first-order valence-electron chi connectivity index (χ1n) is 7.66. The molecule has 2 heteroatoms. The van der Waals surface area contributed by atoms with Gasteiger partial charge in [-0.05, 0) is 81.2 Å². The van der Waals surface area contributed by atoms with Crippen molar-refractivity contribution in [1.29, 1.82) is 0 Å². The van der Waals surface area contributed by atoms with Crippen LogP contribution in [0.25, 0.3) is 0 Å². The normalized spacial score (nSPS) is 22.4. The van der Waals surface area contributed by atoms with Crippen LogP contribution in [0.4, 0.5) is 0 Å². The maximum atomic E-state index is 5.80. The molecule has 1 atom stereocenters. The van der Waals surface area contributed by atoms with Crippen LogP contribution in [0.2, 0.25) is 0 Å². The highest BCUT2D eigenvalue weighted by atomic mass is 16.5. The number of hydrogen-bond donors (Lipinski definition) is 1. The minimum atomic E-state index is 0.501. The first-order valence-corrected chi connectivity index (χ1v) is 7.66. The third-order valence-electron chi connectivity index (χ3n) is 4.98. The SMILES string of the molecule is COc1c(C)c2c(c(C)c1C1CCCN1)CCCC2. The van der Waals surface area contributed by atoms with Crippen molar-refractivity contribution in [1.82, 2.24) is 5.32 Å². The number of benzene rings is 1. The second kappa shape index (κ2) is 5.16. The fourth-order valence-corrected chi connectivity index (χ4v) is 4.02. The number of rotatable bonds is 2. The van der Waals surface area contributed by atoms with Crippen LogP contribution in [0.3, 0.4) is 0 Å². The van der Waals surface area contributed by atoms with E-state index in [1.54, 1.807) is 11.1 Å². The van der Waals surface area contributed by atoms with Gasteiger partial charge < -0.3 is 10.1 Å². The molecule has 2 aliphatic rings. The van der Waals surface area contributed by atoms with Crippen molar-refractivity contribution in [3.63, 3.8) is 0 Å². The largest absolute Gasteiger partial charge is 0.496 e. The molecule has 19 heavy (non-hydrogen) atoms. The highest BCUT2D eigenvalue weighted by Crippen LogP contribution is 2.42. The summed E-state index contributed by atoms with van der Waals surface area (Å²) in [6, 6.07) is 0.501. The minimum Gasteiger partial charge on any atom is -0.496 e. The summed E-state index contributed by atoms with van der Waals surface area (Å²) >= 11 is 0. The zero-order valence-electron chi connectivity index (χ0n) is 12.4. The van der Waals surface area contributed by atoms with Crippen LogP contribution < -0.4 is 10.1 Å². The van der Waals surface area contributed by atoms with E-state index in [1.165, 1.54) is 55.2 Å². The summed E-state index contributed by atoms with van der Waals surface area (Å²) in [6.07, 6.45) is 7.69. The lowest BCUT2D eigenvalue weighted by molar-refractivity contribution is 0.397. The van der Waals surface area contributed by atoms with E-state index in [1.807, 2.05) is 7.11 Å². The molecule has 1 fully saturated rings. The molecule has 104 valence electrons. The van der Waals surface area contributed by atoms with Crippen molar-refractivity contribution < 1.29 is 4.74 Å². The fraction of sp³-hybridized carbons (Fsp3) is 0.647. The van der Waals surface area contributed by atoms with Crippen LogP contribution in [0, 0.1) is 13.8 Å². The Balaban J connectivity index is 2.18. The average Bonchev–Trinajstić information content (AvgIpc) is 2.96. The van der Waals surface area contributed by atoms with Gasteiger partial charge in [0.1, 0.15) is 5.75 Å². The van der Waals surface area contributed by atoms with Crippen molar-refractivity contribution in [2.24, 2.45) is 0 Å². The Morgan fingerprint density at radius 2 is 1.68 bits per heavy atom. The zero-order chi connectivity index (χ0) is 13.4. The van der Waals surface area contributed by atoms with Crippen LogP contribution in [0.1, 0.15) is 59.5 Å². The van der Waals surface area contributed by atoms with Gasteiger partial charge in [0.2, 0.25) is 0 Å². The quantitative estimate of drug-likeness (QED) is 0.876. The minimum absolute atomic E-state index is 0.501. The van der Waals surface area contributed by atoms with Crippen LogP contribution in [-0.2, 0) is 12.8 Å². The number of fused-ring (bicyclic) bond motifs is 1. The monoisotopic (exact) mass is 259 g/mol. The highest BCUT2D eigenvalue weighted by Gasteiger charge is 2.27. The summed E-state index contributed by atoms with van der Waals surface area (Å²) in [7, 11) is 1.83. The van der Waals surface area contributed by atoms with Crippen molar-refractivity contribution in [2.75, 3.05) is 13.7 Å². The Bertz CT molecular complexity index is 487. The topological polar surface area (TPSA) is 21.3 Å². The van der Waals surface area contributed by atoms with Crippen LogP contribution in [0.15, 0.2) is 0 Å². The summed E-state index contributed by atoms with van der Waals surface area (Å²) < 4.78 is 5.80. The summed E-state index contributed by atoms with van der Waals surface area (Å²) in [5.74, 6) is 1.15. The molecule has 1 unspecified atom stereocenters. The van der Waals surface area contributed by atoms with E-state index in [9.17, 15) is 0 Å². The molecule has 0 amide bonds. The van der Waals surface area contributed by atoms with E-state index >= 15 is 0 Å². The van der Waals surface area contributed by atoms with Gasteiger partial charge in [0.25, 0.3) is 0 Å². The Kier molecular flexibility index (Phi) is 3.53. The molecule has 0 aromatic heterocycles. The third kappa shape index (κ3) is 2.06. The average molecular weight is 259 g/mol. The molecule has 0 radical (unpaired) electrons. The Morgan fingerprint density at radius 3 is 2.26 bits per heavy atom. The molecule has 0 spiro atoms. The summed E-state index contributed by atoms with van der Waals surface area (Å²) in [4.78, 5) is 0. The van der Waals surface area contributed by atoms with Gasteiger partial charge in [-0.15, -0.1) is 0 Å². The first-order chi connectivity index (χ1) is 9.24. The molecule has 1 aliphatic heterocycles. The molecule has 1 saturated heterocycles. The van der Waals surface area contributed by atoms with Gasteiger partial charge in [-0.3, -0.25) is 0 Å². The molecule has 0 bridgehead atoms. The first kappa shape index (κ1) is 13.0. The van der Waals surface area contributed by atoms with Gasteiger partial charge in [-0.1, -0.05) is 0 Å². The van der Waals surface area contributed by atoms with Gasteiger partial charge in [0.05, 0.1) is 7.11 Å². The predicted octanol–water partition coefficient (Wildman–Crippen LogP) is 3.62. The number of nitrogens with one attached hydrogen (secondary N) is 1. The van der Waals surface area contributed by atoms with E-state index in [4.69, 9.17) is 4.74 Å². The second-order valence-electron chi connectivity index (χ2n) is 6.01. The Morgan fingerprint density at radius 1 is 1.00 bits per heavy atom. The fourth-order valence-electron chi connectivity index (χ4n) is 4.02. The van der Waals surface area contributed by atoms with Gasteiger partial charge >= 0.3 is 0 Å². The van der Waals surface area contributed by atoms with Gasteiger partial charge in [0, 0.05) is 11.6 Å². The van der Waals surface area contributed by atoms with Crippen molar-refractivity contribution in [3.8, 4) is 5.75 Å². The number of ether oxygens (including phenoxy) is 1. The van der Waals surface area contributed by atoms with E-state index in [0.29, 0.717) is 6.04 Å². The lowest BCUT2D eigenvalue weighted by Gasteiger charge is -2.28. The Hall–Kier alpha value is -1.02. The Labute approximate surface area is 116 Å². The van der Waals surface area contributed by atoms with E-state index in [0.717, 1.165) is 12.3 Å². The van der Waals surface area contributed by atoms with Crippen molar-refractivity contribution in [2.45, 2.75) is 58.4 Å². The molecule has 0 saturated carbocycles. The molecule has 1 heterocycles. The number of hydrogen-bond acceptors (Lipinski definition) is 2. The summed E-state index contributed by atoms with van der Waals surface area (Å²) in [5.41, 5.74) is 7.52. The van der Waals surface area contributed by atoms with Gasteiger partial charge in [-0.2, -0.15) is 0 Å². The molecule has 2 nitrogen and oxygen atoms in total. The lowest BCUT2D eigenvalue weighted by atomic mass is 9.81. The van der Waals surface area contributed by atoms with E-state index in [2.05, 4.69) is 19.2 Å². The maximum Gasteiger partial charge on any atom is 0.127 e. The summed E-state index contributed by atoms with van der Waals surface area (Å²) in [5, 5.41) is 3.64. The van der Waals surface area contributed by atoms with Crippen molar-refractivity contribution in [3.05, 3.63) is 27.8 Å². The lowest BCUT2D eigenvalue weighted by Crippen LogP contribution is -2.19. The van der Waals surface area contributed by atoms with E-state index < -0.39 is 0 Å². The number of methoxy groups -OCH3 is 1. The standard InChI is InChI=1S/C17H25NO/c1-11-13-7-4-5-8-14(13)12(2)17(19-3)16(11)15-9-6-10-18-15/h15,18H,4-10H2,1-3H3. The van der Waals surface area contributed by atoms with Crippen LogP contribution in [-0.4, -0.2) is 13.7 Å². The molecule has 1 aliphatic carbocycles. The molecule has 1 aromatic carbocycles. The van der Waals surface area contributed by atoms with Gasteiger partial charge in [-0.25, -0.2) is 0 Å². The third-order valence-corrected chi connectivity index (χ3v) is 4.98. The second-order valence-corrected chi connectivity index (χ2v) is 6.01. The summed E-state index contributed by atoms with van der Waals surface area (Å²) in [6.45, 7) is 5.70.